The molecule has 2 bridgehead atoms. The fraction of sp³-hybridized carbons (Fsp3) is 0.441. The Bertz CT molecular complexity index is 1520. The number of aliphatic hydroxyl groups is 1. The molecule has 226 valence electrons. The molecular weight excluding hydrogens is 546 g/mol. The third-order valence-electron chi connectivity index (χ3n) is 9.09. The van der Waals surface area contributed by atoms with Gasteiger partial charge in [0.25, 0.3) is 0 Å². The summed E-state index contributed by atoms with van der Waals surface area (Å²) in [6.45, 7) is 6.18. The number of nitrogens with one attached hydrogen (secondary N) is 2. The van der Waals surface area contributed by atoms with Crippen LogP contribution in [0.4, 0.5) is 11.4 Å². The highest BCUT2D eigenvalue weighted by molar-refractivity contribution is 6.05. The molecule has 43 heavy (non-hydrogen) atoms. The number of hydrogen-bond donors (Lipinski definition) is 3. The van der Waals surface area contributed by atoms with Gasteiger partial charge < -0.3 is 30.1 Å². The Kier molecular flexibility index (Phi) is 7.87. The van der Waals surface area contributed by atoms with Gasteiger partial charge in [-0.15, -0.1) is 0 Å². The number of hydrogen-bond acceptors (Lipinski definition) is 6. The highest BCUT2D eigenvalue weighted by Gasteiger charge is 2.75. The Morgan fingerprint density at radius 1 is 1.02 bits per heavy atom. The van der Waals surface area contributed by atoms with E-state index in [4.69, 9.17) is 9.47 Å². The van der Waals surface area contributed by atoms with Crippen LogP contribution in [-0.4, -0.2) is 64.7 Å². The average molecular weight is 586 g/mol. The van der Waals surface area contributed by atoms with Crippen molar-refractivity contribution in [3.05, 3.63) is 66.7 Å². The lowest BCUT2D eigenvalue weighted by Gasteiger charge is -2.37. The Morgan fingerprint density at radius 2 is 1.72 bits per heavy atom. The minimum atomic E-state index is -1.16. The fourth-order valence-corrected chi connectivity index (χ4v) is 7.41. The van der Waals surface area contributed by atoms with E-state index < -0.39 is 35.6 Å². The largest absolute Gasteiger partial charge is 0.494 e. The molecule has 0 aromatic heterocycles. The smallest absolute Gasteiger partial charge is 0.250 e. The van der Waals surface area contributed by atoms with Crippen molar-refractivity contribution in [2.45, 2.75) is 63.8 Å². The molecular formula is C34H39N3O6. The molecule has 9 nitrogen and oxygen atoms in total. The zero-order valence-electron chi connectivity index (χ0n) is 24.8. The van der Waals surface area contributed by atoms with E-state index in [1.807, 2.05) is 63.2 Å². The van der Waals surface area contributed by atoms with Gasteiger partial charge in [0.05, 0.1) is 37.2 Å². The lowest BCUT2D eigenvalue weighted by Crippen LogP contribution is -2.56. The molecule has 0 saturated carbocycles. The van der Waals surface area contributed by atoms with Crippen molar-refractivity contribution in [1.82, 2.24) is 4.90 Å². The first-order chi connectivity index (χ1) is 20.8. The summed E-state index contributed by atoms with van der Waals surface area (Å²) in [6, 6.07) is 19.1. The number of aliphatic hydroxyl groups excluding tert-OH is 1. The van der Waals surface area contributed by atoms with Gasteiger partial charge in [0, 0.05) is 11.4 Å². The minimum absolute atomic E-state index is 0.170. The van der Waals surface area contributed by atoms with Gasteiger partial charge in [-0.05, 0) is 79.3 Å². The molecule has 2 unspecified atom stereocenters. The topological polar surface area (TPSA) is 117 Å². The first-order valence-electron chi connectivity index (χ1n) is 15.2. The van der Waals surface area contributed by atoms with Crippen molar-refractivity contribution in [1.29, 1.82) is 0 Å². The van der Waals surface area contributed by atoms with E-state index in [0.717, 1.165) is 10.8 Å². The maximum atomic E-state index is 14.3. The van der Waals surface area contributed by atoms with E-state index in [1.54, 1.807) is 24.3 Å². The molecule has 3 amide bonds. The predicted octanol–water partition coefficient (Wildman–Crippen LogP) is 4.60. The van der Waals surface area contributed by atoms with Gasteiger partial charge in [0.15, 0.2) is 0 Å². The van der Waals surface area contributed by atoms with Crippen molar-refractivity contribution in [3.63, 3.8) is 0 Å². The molecule has 3 aromatic rings. The van der Waals surface area contributed by atoms with Gasteiger partial charge >= 0.3 is 0 Å². The Hall–Kier alpha value is -3.95. The van der Waals surface area contributed by atoms with E-state index >= 15 is 0 Å². The predicted molar refractivity (Wildman–Crippen MR) is 164 cm³/mol. The second-order valence-electron chi connectivity index (χ2n) is 12.3. The summed E-state index contributed by atoms with van der Waals surface area (Å²) in [5, 5.41) is 18.5. The standard InChI is InChI=1S/C34H39N3O6/c1-4-42-26-13-11-23(12-14-26)35-31(39)28-27-15-16-34(43-27)29(28)33(41)37(25(19-38)17-20(2)3)30(34)32(40)36-24-10-9-21-7-5-6-8-22(21)18-24/h5-14,18,20,25,27-30,38H,4,15-17,19H2,1-3H3,(H,35,39)(H,36,40)/t25-,27-,28+,29+,30?,34?/m1/s1. The van der Waals surface area contributed by atoms with Crippen molar-refractivity contribution >= 4 is 39.9 Å². The highest BCUT2D eigenvalue weighted by atomic mass is 16.5. The van der Waals surface area contributed by atoms with Gasteiger partial charge in [-0.1, -0.05) is 44.2 Å². The summed E-state index contributed by atoms with van der Waals surface area (Å²) in [6.07, 6.45) is 1.07. The third-order valence-corrected chi connectivity index (χ3v) is 9.09. The second kappa shape index (κ2) is 11.6. The Morgan fingerprint density at radius 3 is 2.42 bits per heavy atom. The average Bonchev–Trinajstić information content (AvgIpc) is 3.64. The molecule has 3 aliphatic heterocycles. The van der Waals surface area contributed by atoms with Gasteiger partial charge in [-0.25, -0.2) is 0 Å². The Balaban J connectivity index is 1.32. The van der Waals surface area contributed by atoms with E-state index in [9.17, 15) is 19.5 Å². The molecule has 0 radical (unpaired) electrons. The molecule has 1 spiro atoms. The lowest BCUT2D eigenvalue weighted by molar-refractivity contribution is -0.143. The number of nitrogens with zero attached hydrogens (tertiary/aromatic N) is 1. The molecule has 6 rings (SSSR count). The van der Waals surface area contributed by atoms with E-state index in [-0.39, 0.29) is 30.2 Å². The summed E-state index contributed by atoms with van der Waals surface area (Å²) in [7, 11) is 0. The number of fused-ring (bicyclic) bond motifs is 2. The first kappa shape index (κ1) is 29.1. The van der Waals surface area contributed by atoms with Crippen molar-refractivity contribution < 1.29 is 29.0 Å². The van der Waals surface area contributed by atoms with E-state index in [0.29, 0.717) is 43.0 Å². The van der Waals surface area contributed by atoms with Gasteiger partial charge in [-0.2, -0.15) is 0 Å². The van der Waals surface area contributed by atoms with E-state index in [1.165, 1.54) is 4.90 Å². The zero-order chi connectivity index (χ0) is 30.3. The quantitative estimate of drug-likeness (QED) is 0.320. The SMILES string of the molecule is CCOc1ccc(NC(=O)[C@@H]2[C@H]3C(=O)N([C@@H](CO)CC(C)C)C(C(=O)Nc4ccc5ccccc5c4)C34CC[C@H]2O4)cc1. The van der Waals surface area contributed by atoms with Gasteiger partial charge in [-0.3, -0.25) is 14.4 Å². The van der Waals surface area contributed by atoms with Crippen molar-refractivity contribution in [2.24, 2.45) is 17.8 Å². The van der Waals surface area contributed by atoms with Crippen LogP contribution in [-0.2, 0) is 19.1 Å². The number of amides is 3. The summed E-state index contributed by atoms with van der Waals surface area (Å²) in [4.78, 5) is 43.9. The minimum Gasteiger partial charge on any atom is -0.494 e. The number of ether oxygens (including phenoxy) is 2. The van der Waals surface area contributed by atoms with Crippen LogP contribution < -0.4 is 15.4 Å². The van der Waals surface area contributed by atoms with Crippen LogP contribution in [0.15, 0.2) is 66.7 Å². The number of likely N-dealkylation sites (tertiary alicyclic amines) is 1. The molecule has 0 aliphatic carbocycles. The highest BCUT2D eigenvalue weighted by Crippen LogP contribution is 2.59. The number of anilines is 2. The summed E-state index contributed by atoms with van der Waals surface area (Å²) < 4.78 is 12.1. The normalized spacial score (nSPS) is 26.5. The molecule has 3 fully saturated rings. The van der Waals surface area contributed by atoms with Crippen LogP contribution in [0, 0.1) is 17.8 Å². The lowest BCUT2D eigenvalue weighted by atomic mass is 9.70. The molecule has 6 atom stereocenters. The summed E-state index contributed by atoms with van der Waals surface area (Å²) in [5.74, 6) is -1.72. The first-order valence-corrected chi connectivity index (χ1v) is 15.2. The van der Waals surface area contributed by atoms with Crippen molar-refractivity contribution in [3.8, 4) is 5.75 Å². The molecule has 3 saturated heterocycles. The van der Waals surface area contributed by atoms with Crippen LogP contribution in [0.3, 0.4) is 0 Å². The summed E-state index contributed by atoms with van der Waals surface area (Å²) in [5.41, 5.74) is 0.0392. The maximum Gasteiger partial charge on any atom is 0.250 e. The molecule has 3 aromatic carbocycles. The van der Waals surface area contributed by atoms with E-state index in [2.05, 4.69) is 10.6 Å². The molecule has 3 heterocycles. The van der Waals surface area contributed by atoms with Gasteiger partial charge in [0.1, 0.15) is 17.4 Å². The molecule has 9 heteroatoms. The number of carbonyl (C=O) groups is 3. The third kappa shape index (κ3) is 5.14. The van der Waals surface area contributed by atoms with Crippen LogP contribution in [0.1, 0.15) is 40.0 Å². The Labute approximate surface area is 251 Å². The van der Waals surface area contributed by atoms with Crippen LogP contribution >= 0.6 is 0 Å². The second-order valence-corrected chi connectivity index (χ2v) is 12.3. The van der Waals surface area contributed by atoms with Gasteiger partial charge in [0.2, 0.25) is 17.7 Å². The number of rotatable bonds is 10. The van der Waals surface area contributed by atoms with Crippen LogP contribution in [0.2, 0.25) is 0 Å². The zero-order valence-corrected chi connectivity index (χ0v) is 24.8. The monoisotopic (exact) mass is 585 g/mol. The number of carbonyl (C=O) groups excluding carboxylic acids is 3. The van der Waals surface area contributed by atoms with Crippen LogP contribution in [0.5, 0.6) is 5.75 Å². The molecule has 3 N–H and O–H groups in total. The van der Waals surface area contributed by atoms with Crippen LogP contribution in [0.25, 0.3) is 10.8 Å². The fourth-order valence-electron chi connectivity index (χ4n) is 7.41. The summed E-state index contributed by atoms with van der Waals surface area (Å²) >= 11 is 0. The number of benzene rings is 3. The molecule has 3 aliphatic rings. The van der Waals surface area contributed by atoms with Crippen molar-refractivity contribution in [2.75, 3.05) is 23.8 Å². The maximum absolute atomic E-state index is 14.3.